The van der Waals surface area contributed by atoms with Crippen LogP contribution in [0.5, 0.6) is 0 Å². The molecule has 0 amide bonds. The Balaban J connectivity index is 1.89. The molecular formula is C16H18Cl2N2O. The lowest BCUT2D eigenvalue weighted by molar-refractivity contribution is 0.148. The van der Waals surface area contributed by atoms with Crippen molar-refractivity contribution < 1.29 is 5.11 Å². The molecule has 1 aromatic heterocycles. The molecule has 1 N–H and O–H groups in total. The fourth-order valence-corrected chi connectivity index (χ4v) is 2.59. The first-order chi connectivity index (χ1) is 10.1. The number of aliphatic hydroxyl groups is 1. The molecular weight excluding hydrogens is 307 g/mol. The van der Waals surface area contributed by atoms with Gasteiger partial charge in [-0.25, -0.2) is 0 Å². The summed E-state index contributed by atoms with van der Waals surface area (Å²) in [4.78, 5) is 6.23. The summed E-state index contributed by atoms with van der Waals surface area (Å²) in [5.74, 6) is 0. The lowest BCUT2D eigenvalue weighted by Crippen LogP contribution is -2.21. The normalized spacial score (nSPS) is 12.6. The maximum Gasteiger partial charge on any atom is 0.0817 e. The summed E-state index contributed by atoms with van der Waals surface area (Å²) in [5, 5.41) is 11.2. The van der Waals surface area contributed by atoms with Crippen molar-refractivity contribution in [1.29, 1.82) is 0 Å². The van der Waals surface area contributed by atoms with E-state index >= 15 is 0 Å². The van der Waals surface area contributed by atoms with Gasteiger partial charge in [0.1, 0.15) is 0 Å². The number of benzene rings is 1. The second-order valence-corrected chi connectivity index (χ2v) is 5.83. The number of nitrogens with zero attached hydrogens (tertiary/aromatic N) is 2. The van der Waals surface area contributed by atoms with Crippen LogP contribution in [0.15, 0.2) is 42.7 Å². The molecule has 1 heterocycles. The van der Waals surface area contributed by atoms with Crippen LogP contribution in [0.1, 0.15) is 23.7 Å². The van der Waals surface area contributed by atoms with Gasteiger partial charge in [0, 0.05) is 31.0 Å². The molecule has 0 aliphatic carbocycles. The van der Waals surface area contributed by atoms with Crippen LogP contribution in [-0.2, 0) is 6.54 Å². The molecule has 0 aliphatic rings. The van der Waals surface area contributed by atoms with Crippen molar-refractivity contribution in [2.75, 3.05) is 13.6 Å². The molecule has 1 aromatic carbocycles. The maximum absolute atomic E-state index is 10.3. The van der Waals surface area contributed by atoms with Gasteiger partial charge in [-0.15, -0.1) is 0 Å². The molecule has 1 atom stereocenters. The summed E-state index contributed by atoms with van der Waals surface area (Å²) in [6.45, 7) is 1.54. The molecule has 112 valence electrons. The monoisotopic (exact) mass is 324 g/mol. The topological polar surface area (TPSA) is 36.4 Å². The van der Waals surface area contributed by atoms with Gasteiger partial charge in [-0.05, 0) is 31.2 Å². The minimum atomic E-state index is -0.618. The zero-order valence-corrected chi connectivity index (χ0v) is 13.3. The minimum absolute atomic E-state index is 0.432. The number of aromatic nitrogens is 1. The number of hydrogen-bond donors (Lipinski definition) is 1. The van der Waals surface area contributed by atoms with Crippen LogP contribution in [0.3, 0.4) is 0 Å². The Labute approximate surface area is 135 Å². The molecule has 0 fully saturated rings. The predicted molar refractivity (Wildman–Crippen MR) is 86.6 cm³/mol. The fourth-order valence-electron chi connectivity index (χ4n) is 2.16. The number of pyridine rings is 1. The Morgan fingerprint density at radius 2 is 2.05 bits per heavy atom. The van der Waals surface area contributed by atoms with E-state index < -0.39 is 6.10 Å². The number of aliphatic hydroxyl groups excluding tert-OH is 1. The summed E-state index contributed by atoms with van der Waals surface area (Å²) >= 11 is 12.1. The van der Waals surface area contributed by atoms with Crippen molar-refractivity contribution in [3.05, 3.63) is 63.9 Å². The summed E-state index contributed by atoms with van der Waals surface area (Å²) in [6.07, 6.45) is 3.58. The van der Waals surface area contributed by atoms with E-state index in [1.165, 1.54) is 0 Å². The van der Waals surface area contributed by atoms with Crippen LogP contribution in [0.25, 0.3) is 0 Å². The van der Waals surface area contributed by atoms with Gasteiger partial charge in [0.25, 0.3) is 0 Å². The number of rotatable bonds is 6. The third-order valence-electron chi connectivity index (χ3n) is 3.30. The average Bonchev–Trinajstić information content (AvgIpc) is 2.48. The predicted octanol–water partition coefficient (Wildman–Crippen LogP) is 3.94. The third kappa shape index (κ3) is 4.68. The lowest BCUT2D eigenvalue weighted by atomic mass is 10.1. The molecule has 0 saturated heterocycles. The molecule has 1 unspecified atom stereocenters. The van der Waals surface area contributed by atoms with Gasteiger partial charge in [0.2, 0.25) is 0 Å². The third-order valence-corrected chi connectivity index (χ3v) is 4.13. The highest BCUT2D eigenvalue weighted by Crippen LogP contribution is 2.31. The Hall–Kier alpha value is -1.13. The largest absolute Gasteiger partial charge is 0.388 e. The molecule has 0 saturated carbocycles. The number of hydrogen-bond acceptors (Lipinski definition) is 3. The summed E-state index contributed by atoms with van der Waals surface area (Å²) in [5.41, 5.74) is 1.83. The van der Waals surface area contributed by atoms with Crippen molar-refractivity contribution in [3.8, 4) is 0 Å². The van der Waals surface area contributed by atoms with E-state index in [0.29, 0.717) is 22.0 Å². The first-order valence-corrected chi connectivity index (χ1v) is 7.53. The Kier molecular flexibility index (Phi) is 6.00. The zero-order chi connectivity index (χ0) is 15.2. The van der Waals surface area contributed by atoms with E-state index in [-0.39, 0.29) is 0 Å². The van der Waals surface area contributed by atoms with Gasteiger partial charge in [0.15, 0.2) is 0 Å². The Bertz CT molecular complexity index is 578. The van der Waals surface area contributed by atoms with Gasteiger partial charge in [-0.2, -0.15) is 0 Å². The SMILES string of the molecule is CN(CCC(O)c1cccc(Cl)c1Cl)Cc1cccnc1. The van der Waals surface area contributed by atoms with Gasteiger partial charge >= 0.3 is 0 Å². The lowest BCUT2D eigenvalue weighted by Gasteiger charge is -2.19. The van der Waals surface area contributed by atoms with Crippen LogP contribution in [0.4, 0.5) is 0 Å². The smallest absolute Gasteiger partial charge is 0.0817 e. The average molecular weight is 325 g/mol. The fraction of sp³-hybridized carbons (Fsp3) is 0.312. The quantitative estimate of drug-likeness (QED) is 0.874. The van der Waals surface area contributed by atoms with E-state index in [4.69, 9.17) is 23.2 Å². The molecule has 0 spiro atoms. The van der Waals surface area contributed by atoms with Crippen molar-refractivity contribution >= 4 is 23.2 Å². The van der Waals surface area contributed by atoms with Gasteiger partial charge < -0.3 is 10.0 Å². The van der Waals surface area contributed by atoms with E-state index in [9.17, 15) is 5.11 Å². The van der Waals surface area contributed by atoms with Crippen LogP contribution in [-0.4, -0.2) is 28.6 Å². The van der Waals surface area contributed by atoms with Crippen LogP contribution >= 0.6 is 23.2 Å². The molecule has 0 aliphatic heterocycles. The molecule has 3 nitrogen and oxygen atoms in total. The molecule has 21 heavy (non-hydrogen) atoms. The van der Waals surface area contributed by atoms with E-state index in [1.807, 2.05) is 25.4 Å². The molecule has 2 rings (SSSR count). The number of halogens is 2. The highest BCUT2D eigenvalue weighted by atomic mass is 35.5. The summed E-state index contributed by atoms with van der Waals surface area (Å²) in [6, 6.07) is 9.28. The highest BCUT2D eigenvalue weighted by molar-refractivity contribution is 6.42. The summed E-state index contributed by atoms with van der Waals surface area (Å²) < 4.78 is 0. The van der Waals surface area contributed by atoms with Crippen molar-refractivity contribution in [3.63, 3.8) is 0 Å². The van der Waals surface area contributed by atoms with E-state index in [0.717, 1.165) is 18.7 Å². The Morgan fingerprint density at radius 3 is 2.76 bits per heavy atom. The zero-order valence-electron chi connectivity index (χ0n) is 11.8. The molecule has 0 radical (unpaired) electrons. The van der Waals surface area contributed by atoms with E-state index in [2.05, 4.69) is 9.88 Å². The van der Waals surface area contributed by atoms with Crippen molar-refractivity contribution in [2.45, 2.75) is 19.1 Å². The first kappa shape index (κ1) is 16.2. The second kappa shape index (κ2) is 7.76. The van der Waals surface area contributed by atoms with Crippen LogP contribution < -0.4 is 0 Å². The van der Waals surface area contributed by atoms with Crippen LogP contribution in [0, 0.1) is 0 Å². The van der Waals surface area contributed by atoms with E-state index in [1.54, 1.807) is 24.4 Å². The minimum Gasteiger partial charge on any atom is -0.388 e. The highest BCUT2D eigenvalue weighted by Gasteiger charge is 2.14. The summed E-state index contributed by atoms with van der Waals surface area (Å²) in [7, 11) is 2.01. The van der Waals surface area contributed by atoms with Crippen molar-refractivity contribution in [1.82, 2.24) is 9.88 Å². The Morgan fingerprint density at radius 1 is 1.24 bits per heavy atom. The maximum atomic E-state index is 10.3. The van der Waals surface area contributed by atoms with Crippen LogP contribution in [0.2, 0.25) is 10.0 Å². The van der Waals surface area contributed by atoms with Gasteiger partial charge in [0.05, 0.1) is 16.1 Å². The molecule has 2 aromatic rings. The molecule has 5 heteroatoms. The van der Waals surface area contributed by atoms with Crippen molar-refractivity contribution in [2.24, 2.45) is 0 Å². The van der Waals surface area contributed by atoms with Gasteiger partial charge in [-0.1, -0.05) is 41.4 Å². The van der Waals surface area contributed by atoms with Gasteiger partial charge in [-0.3, -0.25) is 4.98 Å². The molecule has 0 bridgehead atoms. The standard InChI is InChI=1S/C16H18Cl2N2O/c1-20(11-12-4-3-8-19-10-12)9-7-15(21)13-5-2-6-14(17)16(13)18/h2-6,8,10,15,21H,7,9,11H2,1H3. The first-order valence-electron chi connectivity index (χ1n) is 6.77. The second-order valence-electron chi connectivity index (χ2n) is 5.05.